The van der Waals surface area contributed by atoms with Crippen LogP contribution in [-0.2, 0) is 0 Å². The van der Waals surface area contributed by atoms with Crippen molar-refractivity contribution in [3.8, 4) is 28.6 Å². The monoisotopic (exact) mass is 463 g/mol. The largest absolute Gasteiger partial charge is 0.503 e. The molecule has 0 fully saturated rings. The highest BCUT2D eigenvalue weighted by Gasteiger charge is 2.10. The third-order valence-corrected chi connectivity index (χ3v) is 4.62. The van der Waals surface area contributed by atoms with Gasteiger partial charge in [0.2, 0.25) is 4.77 Å². The maximum Gasteiger partial charge on any atom is 0.216 e. The number of rotatable bonds is 7. The molecule has 0 saturated heterocycles. The summed E-state index contributed by atoms with van der Waals surface area (Å²) in [6.07, 6.45) is 1.57. The van der Waals surface area contributed by atoms with Crippen molar-refractivity contribution in [1.29, 1.82) is 0 Å². The summed E-state index contributed by atoms with van der Waals surface area (Å²) in [6.45, 7) is 2.54. The van der Waals surface area contributed by atoms with Crippen LogP contribution in [0.3, 0.4) is 0 Å². The predicted molar refractivity (Wildman–Crippen MR) is 113 cm³/mol. The van der Waals surface area contributed by atoms with Gasteiger partial charge in [-0.2, -0.15) is 14.9 Å². The van der Waals surface area contributed by atoms with E-state index in [1.165, 1.54) is 7.11 Å². The third kappa shape index (κ3) is 4.34. The van der Waals surface area contributed by atoms with Crippen LogP contribution >= 0.6 is 28.1 Å². The number of aromatic nitrogens is 3. The molecule has 0 unspecified atom stereocenters. The minimum absolute atomic E-state index is 0.0300. The summed E-state index contributed by atoms with van der Waals surface area (Å²) in [4.78, 5) is 0. The van der Waals surface area contributed by atoms with Gasteiger partial charge in [0.25, 0.3) is 0 Å². The van der Waals surface area contributed by atoms with E-state index < -0.39 is 0 Å². The summed E-state index contributed by atoms with van der Waals surface area (Å²) in [5, 5.41) is 21.1. The van der Waals surface area contributed by atoms with Crippen LogP contribution in [0.2, 0.25) is 0 Å². The standard InChI is InChI=1S/C18H18BrN5O3S/c1-3-27-13-6-4-12(5-7-13)17-21-22-18(28)24(17)23-20-10-11-8-14(19)16(25)15(9-11)26-2/h4-10,23,25H,3H2,1-2H3,(H,22,28)/b20-10-. The minimum atomic E-state index is 0.0300. The molecule has 0 radical (unpaired) electrons. The lowest BCUT2D eigenvalue weighted by molar-refractivity contribution is 0.340. The molecular formula is C18H18BrN5O3S. The molecular weight excluding hydrogens is 446 g/mol. The number of nitrogens with one attached hydrogen (secondary N) is 2. The SMILES string of the molecule is CCOc1ccc(-c2n[nH]c(=S)n2N/N=C\c2cc(Br)c(O)c(OC)c2)cc1. The maximum absolute atomic E-state index is 9.88. The summed E-state index contributed by atoms with van der Waals surface area (Å²) < 4.78 is 13.0. The number of benzene rings is 2. The Morgan fingerprint density at radius 3 is 2.79 bits per heavy atom. The lowest BCUT2D eigenvalue weighted by Crippen LogP contribution is -2.10. The fraction of sp³-hybridized carbons (Fsp3) is 0.167. The number of H-pyrrole nitrogens is 1. The van der Waals surface area contributed by atoms with Gasteiger partial charge >= 0.3 is 0 Å². The molecule has 146 valence electrons. The summed E-state index contributed by atoms with van der Waals surface area (Å²) in [6, 6.07) is 10.9. The molecule has 0 spiro atoms. The summed E-state index contributed by atoms with van der Waals surface area (Å²) in [7, 11) is 1.48. The van der Waals surface area contributed by atoms with Crippen molar-refractivity contribution in [2.24, 2.45) is 5.10 Å². The molecule has 3 rings (SSSR count). The average molecular weight is 464 g/mol. The molecule has 2 aromatic carbocycles. The van der Waals surface area contributed by atoms with Crippen molar-refractivity contribution in [2.45, 2.75) is 6.92 Å². The fourth-order valence-corrected chi connectivity index (χ4v) is 3.07. The van der Waals surface area contributed by atoms with Gasteiger partial charge in [-0.15, -0.1) is 0 Å². The number of hydrazone groups is 1. The molecule has 1 heterocycles. The molecule has 0 aliphatic rings. The van der Waals surface area contributed by atoms with Crippen molar-refractivity contribution >= 4 is 34.4 Å². The zero-order valence-corrected chi connectivity index (χ0v) is 17.5. The second kappa shape index (κ2) is 8.89. The van der Waals surface area contributed by atoms with E-state index in [0.717, 1.165) is 11.3 Å². The van der Waals surface area contributed by atoms with Crippen LogP contribution in [0.15, 0.2) is 46.0 Å². The van der Waals surface area contributed by atoms with Crippen LogP contribution in [0.1, 0.15) is 12.5 Å². The number of hydrogen-bond donors (Lipinski definition) is 3. The maximum atomic E-state index is 9.88. The molecule has 0 bridgehead atoms. The quantitative estimate of drug-likeness (QED) is 0.277. The Hall–Kier alpha value is -2.85. The number of hydrogen-bond acceptors (Lipinski definition) is 7. The third-order valence-electron chi connectivity index (χ3n) is 3.74. The van der Waals surface area contributed by atoms with Crippen LogP contribution in [0.5, 0.6) is 17.2 Å². The van der Waals surface area contributed by atoms with Gasteiger partial charge in [-0.1, -0.05) is 0 Å². The van der Waals surface area contributed by atoms with E-state index in [1.54, 1.807) is 23.0 Å². The van der Waals surface area contributed by atoms with Gasteiger partial charge in [-0.3, -0.25) is 0 Å². The number of phenolic OH excluding ortho intramolecular Hbond substituents is 1. The highest BCUT2D eigenvalue weighted by Crippen LogP contribution is 2.34. The van der Waals surface area contributed by atoms with Crippen molar-refractivity contribution in [3.63, 3.8) is 0 Å². The number of ether oxygens (including phenoxy) is 2. The Morgan fingerprint density at radius 2 is 2.11 bits per heavy atom. The first-order chi connectivity index (χ1) is 13.5. The Kier molecular flexibility index (Phi) is 6.32. The molecule has 3 aromatic rings. The normalized spacial score (nSPS) is 11.0. The fourth-order valence-electron chi connectivity index (χ4n) is 2.44. The molecule has 0 atom stereocenters. The molecule has 0 amide bonds. The zero-order valence-electron chi connectivity index (χ0n) is 15.1. The summed E-state index contributed by atoms with van der Waals surface area (Å²) >= 11 is 8.55. The van der Waals surface area contributed by atoms with Gasteiger partial charge in [0.05, 0.1) is 24.4 Å². The smallest absolute Gasteiger partial charge is 0.216 e. The van der Waals surface area contributed by atoms with E-state index in [1.807, 2.05) is 31.2 Å². The molecule has 28 heavy (non-hydrogen) atoms. The first kappa shape index (κ1) is 19.9. The van der Waals surface area contributed by atoms with E-state index in [-0.39, 0.29) is 5.75 Å². The van der Waals surface area contributed by atoms with E-state index in [0.29, 0.717) is 33.0 Å². The van der Waals surface area contributed by atoms with Crippen molar-refractivity contribution < 1.29 is 14.6 Å². The lowest BCUT2D eigenvalue weighted by atomic mass is 10.2. The number of aromatic hydroxyl groups is 1. The second-order valence-corrected chi connectivity index (χ2v) is 6.80. The Balaban J connectivity index is 1.82. The van der Waals surface area contributed by atoms with Crippen LogP contribution in [0, 0.1) is 4.77 Å². The molecule has 0 saturated carbocycles. The predicted octanol–water partition coefficient (Wildman–Crippen LogP) is 4.06. The first-order valence-electron chi connectivity index (χ1n) is 8.29. The summed E-state index contributed by atoms with van der Waals surface area (Å²) in [5.74, 6) is 1.73. The number of phenols is 1. The molecule has 10 heteroatoms. The Labute approximate surface area is 174 Å². The van der Waals surface area contributed by atoms with Crippen molar-refractivity contribution in [1.82, 2.24) is 14.9 Å². The lowest BCUT2D eigenvalue weighted by Gasteiger charge is -2.08. The van der Waals surface area contributed by atoms with Gasteiger partial charge in [-0.05, 0) is 77.0 Å². The van der Waals surface area contributed by atoms with Crippen LogP contribution in [-0.4, -0.2) is 39.9 Å². The molecule has 0 aliphatic carbocycles. The van der Waals surface area contributed by atoms with Gasteiger partial charge in [0.15, 0.2) is 17.3 Å². The molecule has 1 aromatic heterocycles. The minimum Gasteiger partial charge on any atom is -0.503 e. The van der Waals surface area contributed by atoms with E-state index in [4.69, 9.17) is 21.7 Å². The molecule has 3 N–H and O–H groups in total. The Bertz CT molecular complexity index is 1050. The van der Waals surface area contributed by atoms with E-state index in [2.05, 4.69) is 36.8 Å². The highest BCUT2D eigenvalue weighted by atomic mass is 79.9. The molecule has 8 nitrogen and oxygen atoms in total. The topological polar surface area (TPSA) is 96.7 Å². The molecule has 0 aliphatic heterocycles. The van der Waals surface area contributed by atoms with E-state index in [9.17, 15) is 5.11 Å². The van der Waals surface area contributed by atoms with Crippen LogP contribution in [0.25, 0.3) is 11.4 Å². The highest BCUT2D eigenvalue weighted by molar-refractivity contribution is 9.10. The second-order valence-electron chi connectivity index (χ2n) is 5.56. The van der Waals surface area contributed by atoms with Crippen LogP contribution in [0.4, 0.5) is 0 Å². The average Bonchev–Trinajstić information content (AvgIpc) is 3.06. The number of aromatic amines is 1. The Morgan fingerprint density at radius 1 is 1.36 bits per heavy atom. The van der Waals surface area contributed by atoms with Gasteiger partial charge < -0.3 is 14.6 Å². The van der Waals surface area contributed by atoms with Gasteiger partial charge in [0, 0.05) is 5.56 Å². The number of methoxy groups -OCH3 is 1. The first-order valence-corrected chi connectivity index (χ1v) is 9.49. The zero-order chi connectivity index (χ0) is 20.1. The van der Waals surface area contributed by atoms with Gasteiger partial charge in [0.1, 0.15) is 5.75 Å². The van der Waals surface area contributed by atoms with Gasteiger partial charge in [-0.25, -0.2) is 10.6 Å². The summed E-state index contributed by atoms with van der Waals surface area (Å²) in [5.41, 5.74) is 4.41. The van der Waals surface area contributed by atoms with Crippen LogP contribution < -0.4 is 15.0 Å². The number of nitrogens with zero attached hydrogens (tertiary/aromatic N) is 3. The van der Waals surface area contributed by atoms with Crippen molar-refractivity contribution in [2.75, 3.05) is 19.3 Å². The van der Waals surface area contributed by atoms with Crippen molar-refractivity contribution in [3.05, 3.63) is 51.2 Å². The number of halogens is 1. The van der Waals surface area contributed by atoms with E-state index >= 15 is 0 Å².